The Bertz CT molecular complexity index is 1070. The minimum Gasteiger partial charge on any atom is -0.396 e. The first-order chi connectivity index (χ1) is 15.7. The third-order valence-electron chi connectivity index (χ3n) is 6.34. The zero-order valence-corrected chi connectivity index (χ0v) is 21.8. The predicted octanol–water partition coefficient (Wildman–Crippen LogP) is 4.92. The van der Waals surface area contributed by atoms with E-state index < -0.39 is 5.82 Å². The van der Waals surface area contributed by atoms with Gasteiger partial charge < -0.3 is 20.6 Å². The zero-order valence-electron chi connectivity index (χ0n) is 18.8. The molecule has 2 aliphatic rings. The van der Waals surface area contributed by atoms with Gasteiger partial charge in [-0.1, -0.05) is 13.8 Å². The lowest BCUT2D eigenvalue weighted by molar-refractivity contribution is 0.0574. The van der Waals surface area contributed by atoms with Crippen molar-refractivity contribution in [2.24, 2.45) is 5.41 Å². The van der Waals surface area contributed by atoms with Crippen LogP contribution in [0, 0.1) is 14.8 Å². The van der Waals surface area contributed by atoms with Crippen molar-refractivity contribution in [3.63, 3.8) is 0 Å². The van der Waals surface area contributed by atoms with Crippen molar-refractivity contribution < 1.29 is 19.1 Å². The molecule has 1 saturated heterocycles. The number of anilines is 2. The molecule has 4 rings (SSSR count). The molecule has 6 nitrogen and oxygen atoms in total. The van der Waals surface area contributed by atoms with Gasteiger partial charge in [-0.3, -0.25) is 9.59 Å². The van der Waals surface area contributed by atoms with Crippen LogP contribution in [0.1, 0.15) is 65.1 Å². The van der Waals surface area contributed by atoms with E-state index in [1.165, 1.54) is 17.4 Å². The number of piperidine rings is 1. The summed E-state index contributed by atoms with van der Waals surface area (Å²) in [6.07, 6.45) is 3.86. The van der Waals surface area contributed by atoms with E-state index in [0.717, 1.165) is 28.4 Å². The van der Waals surface area contributed by atoms with Crippen molar-refractivity contribution in [2.45, 2.75) is 52.0 Å². The van der Waals surface area contributed by atoms with Gasteiger partial charge in [0.15, 0.2) is 0 Å². The topological polar surface area (TPSA) is 81.7 Å². The highest BCUT2D eigenvalue weighted by Crippen LogP contribution is 2.42. The minimum atomic E-state index is -0.412. The highest BCUT2D eigenvalue weighted by atomic mass is 127. The van der Waals surface area contributed by atoms with Crippen LogP contribution in [0.15, 0.2) is 18.2 Å². The Balaban J connectivity index is 1.82. The largest absolute Gasteiger partial charge is 0.396 e. The molecule has 178 valence electrons. The molecule has 1 aromatic heterocycles. The van der Waals surface area contributed by atoms with E-state index in [9.17, 15) is 19.1 Å². The number of fused-ring (bicyclic) bond motifs is 1. The molecule has 0 radical (unpaired) electrons. The van der Waals surface area contributed by atoms with Crippen molar-refractivity contribution in [1.82, 2.24) is 10.2 Å². The van der Waals surface area contributed by atoms with Crippen LogP contribution in [0.2, 0.25) is 0 Å². The van der Waals surface area contributed by atoms with Crippen molar-refractivity contribution in [3.05, 3.63) is 43.6 Å². The van der Waals surface area contributed by atoms with Crippen molar-refractivity contribution in [2.75, 3.05) is 25.0 Å². The maximum Gasteiger partial charge on any atom is 0.261 e. The molecule has 2 aliphatic heterocycles. The number of aliphatic hydroxyl groups is 1. The SMILES string of the molecule is CC1(C)CNC(=O)c2sc(Nc3ccc(I)cc3F)c(C(=O)N3CCCCC3CCO)c2C1. The van der Waals surface area contributed by atoms with E-state index >= 15 is 0 Å². The summed E-state index contributed by atoms with van der Waals surface area (Å²) in [7, 11) is 0. The van der Waals surface area contributed by atoms with E-state index in [4.69, 9.17) is 0 Å². The summed E-state index contributed by atoms with van der Waals surface area (Å²) in [5, 5.41) is 16.1. The van der Waals surface area contributed by atoms with Crippen LogP contribution in [0.3, 0.4) is 0 Å². The van der Waals surface area contributed by atoms with Gasteiger partial charge in [-0.2, -0.15) is 0 Å². The number of amides is 2. The Kier molecular flexibility index (Phi) is 7.30. The summed E-state index contributed by atoms with van der Waals surface area (Å²) in [6.45, 7) is 5.28. The molecule has 0 spiro atoms. The number of hydrogen-bond donors (Lipinski definition) is 3. The quantitative estimate of drug-likeness (QED) is 0.435. The Morgan fingerprint density at radius 1 is 1.39 bits per heavy atom. The summed E-state index contributed by atoms with van der Waals surface area (Å²) in [4.78, 5) is 29.3. The molecule has 1 atom stereocenters. The fraction of sp³-hybridized carbons (Fsp3) is 0.500. The van der Waals surface area contributed by atoms with Crippen LogP contribution in [-0.2, 0) is 6.42 Å². The van der Waals surface area contributed by atoms with Gasteiger partial charge in [0.2, 0.25) is 0 Å². The number of thiophene rings is 1. The maximum absolute atomic E-state index is 14.7. The molecule has 1 aromatic carbocycles. The average Bonchev–Trinajstić information content (AvgIpc) is 3.06. The number of benzene rings is 1. The van der Waals surface area contributed by atoms with Gasteiger partial charge in [-0.25, -0.2) is 4.39 Å². The molecular weight excluding hydrogens is 556 g/mol. The van der Waals surface area contributed by atoms with Crippen LogP contribution in [-0.4, -0.2) is 47.6 Å². The molecule has 3 heterocycles. The second-order valence-corrected chi connectivity index (χ2v) is 11.8. The summed E-state index contributed by atoms with van der Waals surface area (Å²) < 4.78 is 15.4. The molecule has 0 saturated carbocycles. The van der Waals surface area contributed by atoms with Gasteiger partial charge in [0, 0.05) is 29.3 Å². The first-order valence-corrected chi connectivity index (χ1v) is 13.2. The highest BCUT2D eigenvalue weighted by Gasteiger charge is 2.37. The molecule has 0 bridgehead atoms. The van der Waals surface area contributed by atoms with Crippen LogP contribution in [0.5, 0.6) is 0 Å². The number of likely N-dealkylation sites (tertiary alicyclic amines) is 1. The Morgan fingerprint density at radius 3 is 2.91 bits per heavy atom. The van der Waals surface area contributed by atoms with Crippen molar-refractivity contribution in [1.29, 1.82) is 0 Å². The summed E-state index contributed by atoms with van der Waals surface area (Å²) in [5.74, 6) is -0.759. The number of halogens is 2. The second kappa shape index (κ2) is 9.87. The number of nitrogens with zero attached hydrogens (tertiary/aromatic N) is 1. The summed E-state index contributed by atoms with van der Waals surface area (Å²) >= 11 is 3.26. The van der Waals surface area contributed by atoms with E-state index in [1.807, 2.05) is 4.90 Å². The average molecular weight is 585 g/mol. The van der Waals surface area contributed by atoms with E-state index in [0.29, 0.717) is 41.4 Å². The van der Waals surface area contributed by atoms with Gasteiger partial charge in [0.05, 0.1) is 16.1 Å². The molecule has 33 heavy (non-hydrogen) atoms. The van der Waals surface area contributed by atoms with Gasteiger partial charge in [0.1, 0.15) is 10.8 Å². The summed E-state index contributed by atoms with van der Waals surface area (Å²) in [5.41, 5.74) is 1.23. The van der Waals surface area contributed by atoms with Gasteiger partial charge in [0.25, 0.3) is 11.8 Å². The minimum absolute atomic E-state index is 0.0184. The molecular formula is C24H29FIN3O3S. The summed E-state index contributed by atoms with van der Waals surface area (Å²) in [6, 6.07) is 4.84. The first kappa shape index (κ1) is 24.4. The maximum atomic E-state index is 14.7. The molecule has 9 heteroatoms. The van der Waals surface area contributed by atoms with Gasteiger partial charge in [-0.05, 0) is 83.9 Å². The lowest BCUT2D eigenvalue weighted by Gasteiger charge is -2.36. The zero-order chi connectivity index (χ0) is 23.8. The van der Waals surface area contributed by atoms with Gasteiger partial charge in [-0.15, -0.1) is 11.3 Å². The number of rotatable bonds is 5. The van der Waals surface area contributed by atoms with Crippen molar-refractivity contribution >= 4 is 56.4 Å². The lowest BCUT2D eigenvalue weighted by Crippen LogP contribution is -2.44. The van der Waals surface area contributed by atoms with Crippen LogP contribution < -0.4 is 10.6 Å². The Morgan fingerprint density at radius 2 is 2.18 bits per heavy atom. The smallest absolute Gasteiger partial charge is 0.261 e. The predicted molar refractivity (Wildman–Crippen MR) is 137 cm³/mol. The first-order valence-electron chi connectivity index (χ1n) is 11.3. The highest BCUT2D eigenvalue weighted by molar-refractivity contribution is 14.1. The molecule has 0 aliphatic carbocycles. The number of aliphatic hydroxyl groups excluding tert-OH is 1. The third-order valence-corrected chi connectivity index (χ3v) is 8.16. The van der Waals surface area contributed by atoms with Gasteiger partial charge >= 0.3 is 0 Å². The molecule has 2 amide bonds. The monoisotopic (exact) mass is 585 g/mol. The number of hydrogen-bond acceptors (Lipinski definition) is 5. The van der Waals surface area contributed by atoms with Crippen LogP contribution in [0.4, 0.5) is 15.1 Å². The number of carbonyl (C=O) groups is 2. The van der Waals surface area contributed by atoms with Crippen LogP contribution >= 0.6 is 33.9 Å². The molecule has 2 aromatic rings. The van der Waals surface area contributed by atoms with E-state index in [1.54, 1.807) is 12.1 Å². The Labute approximate surface area is 211 Å². The standard InChI is InChI=1S/C24H29FIN3O3S/c1-24(2)12-16-19(23(32)29-9-4-3-5-15(29)8-10-30)22(33-20(16)21(31)27-13-24)28-18-7-6-14(26)11-17(18)25/h6-7,11,15,28,30H,3-5,8-10,12-13H2,1-2H3,(H,27,31). The second-order valence-electron chi connectivity index (χ2n) is 9.55. The lowest BCUT2D eigenvalue weighted by atomic mass is 9.85. The van der Waals surface area contributed by atoms with Crippen molar-refractivity contribution in [3.8, 4) is 0 Å². The fourth-order valence-corrected chi connectivity index (χ4v) is 6.24. The van der Waals surface area contributed by atoms with E-state index in [2.05, 4.69) is 47.1 Å². The molecule has 1 fully saturated rings. The number of carbonyl (C=O) groups excluding carboxylic acids is 2. The fourth-order valence-electron chi connectivity index (χ4n) is 4.65. The molecule has 3 N–H and O–H groups in total. The normalized spacial score (nSPS) is 20.1. The third kappa shape index (κ3) is 5.19. The van der Waals surface area contributed by atoms with E-state index in [-0.39, 0.29) is 35.6 Å². The Hall–Kier alpha value is -1.72. The number of nitrogens with one attached hydrogen (secondary N) is 2. The van der Waals surface area contributed by atoms with Crippen LogP contribution in [0.25, 0.3) is 0 Å². The molecule has 1 unspecified atom stereocenters.